The van der Waals surface area contributed by atoms with Crippen LogP contribution in [-0.4, -0.2) is 15.5 Å². The first-order valence-electron chi connectivity index (χ1n) is 11.4. The second kappa shape index (κ2) is 9.41. The maximum Gasteiger partial charge on any atom is 0.416 e. The van der Waals surface area contributed by atoms with Crippen molar-refractivity contribution in [1.82, 2.24) is 9.55 Å². The number of amides is 1. The fraction of sp³-hybridized carbons (Fsp3) is 0.103. The molecule has 37 heavy (non-hydrogen) atoms. The summed E-state index contributed by atoms with van der Waals surface area (Å²) >= 11 is 6.49. The zero-order valence-electron chi connectivity index (χ0n) is 19.9. The summed E-state index contributed by atoms with van der Waals surface area (Å²) in [6.45, 7) is 1.79. The molecule has 0 aliphatic heterocycles. The number of hydrogen-bond acceptors (Lipinski definition) is 2. The van der Waals surface area contributed by atoms with Gasteiger partial charge in [-0.05, 0) is 72.1 Å². The number of para-hydroxylation sites is 2. The highest BCUT2D eigenvalue weighted by molar-refractivity contribution is 6.33. The highest BCUT2D eigenvalue weighted by Crippen LogP contribution is 2.33. The molecule has 5 aromatic rings. The van der Waals surface area contributed by atoms with Crippen LogP contribution in [0.2, 0.25) is 5.02 Å². The third-order valence-electron chi connectivity index (χ3n) is 6.27. The van der Waals surface area contributed by atoms with Crippen molar-refractivity contribution in [2.24, 2.45) is 7.05 Å². The van der Waals surface area contributed by atoms with E-state index in [-0.39, 0.29) is 5.91 Å². The summed E-state index contributed by atoms with van der Waals surface area (Å²) in [4.78, 5) is 17.8. The minimum atomic E-state index is -4.39. The first kappa shape index (κ1) is 24.6. The highest BCUT2D eigenvalue weighted by Gasteiger charge is 2.30. The normalized spacial score (nSPS) is 11.6. The lowest BCUT2D eigenvalue weighted by molar-refractivity contribution is -0.137. The van der Waals surface area contributed by atoms with Crippen molar-refractivity contribution in [2.45, 2.75) is 13.1 Å². The molecule has 0 saturated heterocycles. The van der Waals surface area contributed by atoms with Gasteiger partial charge in [0.2, 0.25) is 0 Å². The number of nitrogens with one attached hydrogen (secondary N) is 1. The number of rotatable bonds is 4. The van der Waals surface area contributed by atoms with Crippen LogP contribution in [0.25, 0.3) is 33.5 Å². The summed E-state index contributed by atoms with van der Waals surface area (Å²) < 4.78 is 40.5. The van der Waals surface area contributed by atoms with Crippen molar-refractivity contribution < 1.29 is 18.0 Å². The van der Waals surface area contributed by atoms with Crippen molar-refractivity contribution in [3.63, 3.8) is 0 Å². The summed E-state index contributed by atoms with van der Waals surface area (Å²) in [5.41, 5.74) is 4.85. The van der Waals surface area contributed by atoms with Crippen LogP contribution in [0.3, 0.4) is 0 Å². The number of anilines is 1. The Morgan fingerprint density at radius 3 is 2.30 bits per heavy atom. The lowest BCUT2D eigenvalue weighted by Crippen LogP contribution is -2.13. The van der Waals surface area contributed by atoms with Gasteiger partial charge >= 0.3 is 6.18 Å². The molecule has 0 spiro atoms. The van der Waals surface area contributed by atoms with Crippen molar-refractivity contribution >= 4 is 34.2 Å². The summed E-state index contributed by atoms with van der Waals surface area (Å²) in [6, 6.07) is 23.1. The van der Waals surface area contributed by atoms with Crippen molar-refractivity contribution in [1.29, 1.82) is 0 Å². The van der Waals surface area contributed by atoms with Gasteiger partial charge in [-0.15, -0.1) is 0 Å². The number of alkyl halides is 3. The van der Waals surface area contributed by atoms with Gasteiger partial charge in [0.15, 0.2) is 0 Å². The van der Waals surface area contributed by atoms with Crippen LogP contribution < -0.4 is 5.32 Å². The lowest BCUT2D eigenvalue weighted by Gasteiger charge is -2.12. The van der Waals surface area contributed by atoms with Gasteiger partial charge in [-0.3, -0.25) is 4.79 Å². The first-order valence-corrected chi connectivity index (χ1v) is 11.8. The Kier molecular flexibility index (Phi) is 6.25. The quantitative estimate of drug-likeness (QED) is 0.260. The molecule has 186 valence electrons. The van der Waals surface area contributed by atoms with Gasteiger partial charge in [0.1, 0.15) is 5.82 Å². The standard InChI is InChI=1S/C29H21ClF3N3O/c1-17-15-19(18-7-10-20(11-8-18)29(31,32)33)9-13-22(17)28(37)34-21-12-14-24(30)23(16-21)27-35-25-5-3-4-6-26(25)36(27)2/h3-16H,1-2H3,(H,34,37). The van der Waals surface area contributed by atoms with Gasteiger partial charge in [-0.25, -0.2) is 4.98 Å². The summed E-state index contributed by atoms with van der Waals surface area (Å²) in [5.74, 6) is 0.370. The van der Waals surface area contributed by atoms with Gasteiger partial charge < -0.3 is 9.88 Å². The molecular formula is C29H21ClF3N3O. The summed E-state index contributed by atoms with van der Waals surface area (Å²) in [5, 5.41) is 3.42. The maximum absolute atomic E-state index is 13.1. The van der Waals surface area contributed by atoms with E-state index in [0.29, 0.717) is 38.8 Å². The fourth-order valence-electron chi connectivity index (χ4n) is 4.31. The molecule has 0 bridgehead atoms. The monoisotopic (exact) mass is 519 g/mol. The number of nitrogens with zero attached hydrogens (tertiary/aromatic N) is 2. The van der Waals surface area contributed by atoms with Gasteiger partial charge in [0, 0.05) is 23.9 Å². The lowest BCUT2D eigenvalue weighted by atomic mass is 9.98. The Morgan fingerprint density at radius 2 is 1.62 bits per heavy atom. The van der Waals surface area contributed by atoms with Crippen LogP contribution in [0, 0.1) is 6.92 Å². The Labute approximate surface area is 216 Å². The summed E-state index contributed by atoms with van der Waals surface area (Å²) in [7, 11) is 1.91. The first-order chi connectivity index (χ1) is 17.6. The van der Waals surface area contributed by atoms with Crippen LogP contribution in [-0.2, 0) is 13.2 Å². The molecule has 5 rings (SSSR count). The third kappa shape index (κ3) is 4.82. The molecule has 8 heteroatoms. The smallest absolute Gasteiger partial charge is 0.327 e. The molecule has 1 aromatic heterocycles. The molecule has 0 aliphatic rings. The van der Waals surface area contributed by atoms with E-state index in [0.717, 1.165) is 28.7 Å². The van der Waals surface area contributed by atoms with Crippen molar-refractivity contribution in [3.05, 3.63) is 107 Å². The van der Waals surface area contributed by atoms with E-state index >= 15 is 0 Å². The van der Waals surface area contributed by atoms with E-state index in [1.165, 1.54) is 12.1 Å². The molecule has 1 amide bonds. The molecule has 4 nitrogen and oxygen atoms in total. The Hall–Kier alpha value is -4.10. The number of imidazole rings is 1. The Balaban J connectivity index is 1.39. The predicted molar refractivity (Wildman–Crippen MR) is 141 cm³/mol. The van der Waals surface area contributed by atoms with E-state index in [4.69, 9.17) is 16.6 Å². The third-order valence-corrected chi connectivity index (χ3v) is 6.60. The topological polar surface area (TPSA) is 46.9 Å². The van der Waals surface area contributed by atoms with E-state index < -0.39 is 11.7 Å². The molecular weight excluding hydrogens is 499 g/mol. The van der Waals surface area contributed by atoms with Crippen LogP contribution in [0.5, 0.6) is 0 Å². The number of carbonyl (C=O) groups is 1. The minimum Gasteiger partial charge on any atom is -0.327 e. The van der Waals surface area contributed by atoms with Crippen LogP contribution in [0.4, 0.5) is 18.9 Å². The van der Waals surface area contributed by atoms with Crippen LogP contribution in [0.1, 0.15) is 21.5 Å². The maximum atomic E-state index is 13.1. The average molecular weight is 520 g/mol. The Bertz CT molecular complexity index is 1640. The number of aromatic nitrogens is 2. The molecule has 0 fully saturated rings. The van der Waals surface area contributed by atoms with Gasteiger partial charge in [0.25, 0.3) is 5.91 Å². The van der Waals surface area contributed by atoms with Gasteiger partial charge in [-0.1, -0.05) is 48.0 Å². The zero-order valence-corrected chi connectivity index (χ0v) is 20.7. The fourth-order valence-corrected chi connectivity index (χ4v) is 4.51. The van der Waals surface area contributed by atoms with Crippen LogP contribution in [0.15, 0.2) is 84.9 Å². The van der Waals surface area contributed by atoms with Gasteiger partial charge in [-0.2, -0.15) is 13.2 Å². The van der Waals surface area contributed by atoms with Crippen molar-refractivity contribution in [2.75, 3.05) is 5.32 Å². The average Bonchev–Trinajstić information content (AvgIpc) is 3.21. The van der Waals surface area contributed by atoms with Crippen LogP contribution >= 0.6 is 11.6 Å². The molecule has 0 radical (unpaired) electrons. The number of carbonyl (C=O) groups excluding carboxylic acids is 1. The number of aryl methyl sites for hydroxylation is 2. The number of halogens is 4. The zero-order chi connectivity index (χ0) is 26.3. The summed E-state index contributed by atoms with van der Waals surface area (Å²) in [6.07, 6.45) is -4.39. The van der Waals surface area contributed by atoms with E-state index in [9.17, 15) is 18.0 Å². The molecule has 4 aromatic carbocycles. The molecule has 0 unspecified atom stereocenters. The Morgan fingerprint density at radius 1 is 0.919 bits per heavy atom. The van der Waals surface area contributed by atoms with E-state index in [2.05, 4.69) is 5.32 Å². The van der Waals surface area contributed by atoms with Gasteiger partial charge in [0.05, 0.1) is 21.6 Å². The van der Waals surface area contributed by atoms with Crippen molar-refractivity contribution in [3.8, 4) is 22.5 Å². The minimum absolute atomic E-state index is 0.310. The predicted octanol–water partition coefficient (Wildman–Crippen LogP) is 8.14. The SMILES string of the molecule is Cc1cc(-c2ccc(C(F)(F)F)cc2)ccc1C(=O)Nc1ccc(Cl)c(-c2nc3ccccc3n2C)c1. The second-order valence-electron chi connectivity index (χ2n) is 8.74. The molecule has 1 heterocycles. The largest absolute Gasteiger partial charge is 0.416 e. The number of hydrogen-bond donors (Lipinski definition) is 1. The van der Waals surface area contributed by atoms with E-state index in [1.807, 2.05) is 35.9 Å². The molecule has 1 N–H and O–H groups in total. The second-order valence-corrected chi connectivity index (χ2v) is 9.14. The molecule has 0 atom stereocenters. The molecule has 0 saturated carbocycles. The van der Waals surface area contributed by atoms with E-state index in [1.54, 1.807) is 43.3 Å². The molecule has 0 aliphatic carbocycles. The number of fused-ring (bicyclic) bond motifs is 1. The number of benzene rings is 4. The highest BCUT2D eigenvalue weighted by atomic mass is 35.5.